The molecule has 0 bridgehead atoms. The molecule has 1 aromatic heterocycles. The van der Waals surface area contributed by atoms with Crippen molar-refractivity contribution in [2.24, 2.45) is 0 Å². The van der Waals surface area contributed by atoms with Gasteiger partial charge < -0.3 is 10.4 Å². The van der Waals surface area contributed by atoms with E-state index in [0.717, 1.165) is 5.56 Å². The van der Waals surface area contributed by atoms with Gasteiger partial charge in [-0.05, 0) is 13.3 Å². The first-order chi connectivity index (χ1) is 7.09. The van der Waals surface area contributed by atoms with Crippen molar-refractivity contribution in [2.45, 2.75) is 26.2 Å². The van der Waals surface area contributed by atoms with Crippen molar-refractivity contribution >= 4 is 17.7 Å². The van der Waals surface area contributed by atoms with Crippen LogP contribution in [-0.4, -0.2) is 27.2 Å². The number of carboxylic acids is 1. The third-order valence-electron chi connectivity index (χ3n) is 1.89. The zero-order valence-electron chi connectivity index (χ0n) is 8.41. The summed E-state index contributed by atoms with van der Waals surface area (Å²) in [6.45, 7) is 1.82. The van der Waals surface area contributed by atoms with E-state index in [1.165, 1.54) is 0 Å². The lowest BCUT2D eigenvalue weighted by Gasteiger charge is -2.02. The molecule has 0 aliphatic rings. The highest BCUT2D eigenvalue weighted by Crippen LogP contribution is 2.09. The maximum Gasteiger partial charge on any atom is 0.303 e. The molecule has 0 spiro atoms. The van der Waals surface area contributed by atoms with Gasteiger partial charge in [0.05, 0.1) is 6.20 Å². The Morgan fingerprint density at radius 3 is 2.80 bits per heavy atom. The summed E-state index contributed by atoms with van der Waals surface area (Å²) in [5.41, 5.74) is 0.849. The number of aromatic amines is 1. The fourth-order valence-electron chi connectivity index (χ4n) is 1.08. The predicted octanol–water partition coefficient (Wildman–Crippen LogP) is 0.912. The van der Waals surface area contributed by atoms with E-state index in [9.17, 15) is 9.59 Å². The Hall–Kier alpha value is -1.85. The summed E-state index contributed by atoms with van der Waals surface area (Å²) in [7, 11) is 0. The zero-order chi connectivity index (χ0) is 11.3. The molecular weight excluding hydrogens is 198 g/mol. The first kappa shape index (κ1) is 11.2. The largest absolute Gasteiger partial charge is 0.481 e. The number of rotatable bonds is 5. The van der Waals surface area contributed by atoms with Crippen molar-refractivity contribution in [3.8, 4) is 0 Å². The molecule has 0 saturated carbocycles. The van der Waals surface area contributed by atoms with Crippen molar-refractivity contribution in [3.63, 3.8) is 0 Å². The van der Waals surface area contributed by atoms with Crippen LogP contribution in [0, 0.1) is 6.92 Å². The number of H-pyrrole nitrogens is 1. The number of nitrogens with one attached hydrogen (secondary N) is 2. The van der Waals surface area contributed by atoms with Crippen LogP contribution >= 0.6 is 0 Å². The van der Waals surface area contributed by atoms with E-state index in [1.54, 1.807) is 6.20 Å². The van der Waals surface area contributed by atoms with Gasteiger partial charge >= 0.3 is 5.97 Å². The van der Waals surface area contributed by atoms with Gasteiger partial charge in [-0.2, -0.15) is 5.10 Å². The molecule has 0 saturated heterocycles. The van der Waals surface area contributed by atoms with Crippen LogP contribution in [0.3, 0.4) is 0 Å². The summed E-state index contributed by atoms with van der Waals surface area (Å²) in [5.74, 6) is -0.528. The lowest BCUT2D eigenvalue weighted by Crippen LogP contribution is -2.12. The van der Waals surface area contributed by atoms with Gasteiger partial charge in [0.2, 0.25) is 5.91 Å². The topological polar surface area (TPSA) is 95.1 Å². The summed E-state index contributed by atoms with van der Waals surface area (Å²) in [4.78, 5) is 21.5. The van der Waals surface area contributed by atoms with Gasteiger partial charge in [0, 0.05) is 18.4 Å². The van der Waals surface area contributed by atoms with E-state index in [1.807, 2.05) is 6.92 Å². The summed E-state index contributed by atoms with van der Waals surface area (Å²) in [6, 6.07) is 0. The minimum absolute atomic E-state index is 0.00930. The zero-order valence-corrected chi connectivity index (χ0v) is 8.41. The van der Waals surface area contributed by atoms with E-state index in [-0.39, 0.29) is 18.7 Å². The van der Waals surface area contributed by atoms with Crippen molar-refractivity contribution in [3.05, 3.63) is 11.8 Å². The smallest absolute Gasteiger partial charge is 0.303 e. The van der Waals surface area contributed by atoms with E-state index < -0.39 is 5.97 Å². The number of aryl methyl sites for hydroxylation is 1. The molecule has 0 fully saturated rings. The van der Waals surface area contributed by atoms with Gasteiger partial charge in [-0.15, -0.1) is 0 Å². The van der Waals surface area contributed by atoms with E-state index in [2.05, 4.69) is 15.5 Å². The molecule has 3 N–H and O–H groups in total. The van der Waals surface area contributed by atoms with E-state index in [0.29, 0.717) is 12.2 Å². The van der Waals surface area contributed by atoms with Crippen molar-refractivity contribution in [1.82, 2.24) is 10.2 Å². The Kier molecular flexibility index (Phi) is 3.84. The number of carbonyl (C=O) groups is 2. The third kappa shape index (κ3) is 3.80. The Morgan fingerprint density at radius 1 is 1.53 bits per heavy atom. The number of aromatic nitrogens is 2. The quantitative estimate of drug-likeness (QED) is 0.674. The number of carbonyl (C=O) groups excluding carboxylic acids is 1. The molecule has 0 unspecified atom stereocenters. The van der Waals surface area contributed by atoms with Crippen molar-refractivity contribution in [1.29, 1.82) is 0 Å². The van der Waals surface area contributed by atoms with Crippen LogP contribution in [0.25, 0.3) is 0 Å². The molecule has 6 heteroatoms. The molecule has 1 rings (SSSR count). The van der Waals surface area contributed by atoms with Crippen LogP contribution in [0.5, 0.6) is 0 Å². The average Bonchev–Trinajstić information content (AvgIpc) is 2.51. The minimum Gasteiger partial charge on any atom is -0.481 e. The molecule has 82 valence electrons. The fourth-order valence-corrected chi connectivity index (χ4v) is 1.08. The molecule has 6 nitrogen and oxygen atoms in total. The Morgan fingerprint density at radius 2 is 2.27 bits per heavy atom. The first-order valence-corrected chi connectivity index (χ1v) is 4.61. The van der Waals surface area contributed by atoms with Crippen LogP contribution < -0.4 is 5.32 Å². The SMILES string of the molecule is Cc1cn[nH]c1NC(=O)CCCC(=O)O. The molecule has 15 heavy (non-hydrogen) atoms. The molecular formula is C9H13N3O3. The van der Waals surface area contributed by atoms with Gasteiger partial charge in [0.15, 0.2) is 0 Å². The van der Waals surface area contributed by atoms with Crippen LogP contribution in [0.2, 0.25) is 0 Å². The molecule has 0 aromatic carbocycles. The first-order valence-electron chi connectivity index (χ1n) is 4.61. The third-order valence-corrected chi connectivity index (χ3v) is 1.89. The van der Waals surface area contributed by atoms with Crippen LogP contribution in [0.4, 0.5) is 5.82 Å². The number of hydrogen-bond acceptors (Lipinski definition) is 3. The van der Waals surface area contributed by atoms with Gasteiger partial charge in [0.1, 0.15) is 5.82 Å². The maximum atomic E-state index is 11.3. The standard InChI is InChI=1S/C9H13N3O3/c1-6-5-10-12-9(6)11-7(13)3-2-4-8(14)15/h5H,2-4H2,1H3,(H,14,15)(H2,10,11,12,13). The van der Waals surface area contributed by atoms with Crippen LogP contribution in [0.1, 0.15) is 24.8 Å². The number of carboxylic acid groups (broad SMARTS) is 1. The summed E-state index contributed by atoms with van der Waals surface area (Å²) in [6.07, 6.45) is 2.15. The lowest BCUT2D eigenvalue weighted by molar-refractivity contribution is -0.137. The number of anilines is 1. The second-order valence-electron chi connectivity index (χ2n) is 3.22. The van der Waals surface area contributed by atoms with Gasteiger partial charge in [0.25, 0.3) is 0 Å². The summed E-state index contributed by atoms with van der Waals surface area (Å²) < 4.78 is 0. The molecule has 1 amide bonds. The Balaban J connectivity index is 2.31. The number of amides is 1. The number of nitrogens with zero attached hydrogens (tertiary/aromatic N) is 1. The Labute approximate surface area is 86.7 Å². The highest BCUT2D eigenvalue weighted by Gasteiger charge is 2.06. The van der Waals surface area contributed by atoms with Crippen LogP contribution in [-0.2, 0) is 9.59 Å². The van der Waals surface area contributed by atoms with Crippen molar-refractivity contribution < 1.29 is 14.7 Å². The highest BCUT2D eigenvalue weighted by atomic mass is 16.4. The average molecular weight is 211 g/mol. The predicted molar refractivity (Wildman–Crippen MR) is 53.4 cm³/mol. The fraction of sp³-hybridized carbons (Fsp3) is 0.444. The van der Waals surface area contributed by atoms with Gasteiger partial charge in [-0.25, -0.2) is 0 Å². The maximum absolute atomic E-state index is 11.3. The van der Waals surface area contributed by atoms with Gasteiger partial charge in [-0.1, -0.05) is 0 Å². The Bertz CT molecular complexity index is 359. The highest BCUT2D eigenvalue weighted by molar-refractivity contribution is 5.90. The van der Waals surface area contributed by atoms with Gasteiger partial charge in [-0.3, -0.25) is 14.7 Å². The normalized spacial score (nSPS) is 9.93. The molecule has 0 atom stereocenters. The summed E-state index contributed by atoms with van der Waals surface area (Å²) in [5, 5.41) is 17.4. The van der Waals surface area contributed by atoms with Crippen LogP contribution in [0.15, 0.2) is 6.20 Å². The number of hydrogen-bond donors (Lipinski definition) is 3. The van der Waals surface area contributed by atoms with E-state index >= 15 is 0 Å². The lowest BCUT2D eigenvalue weighted by atomic mass is 10.2. The minimum atomic E-state index is -0.888. The molecule has 0 radical (unpaired) electrons. The van der Waals surface area contributed by atoms with E-state index in [4.69, 9.17) is 5.11 Å². The number of aliphatic carboxylic acids is 1. The molecule has 1 aromatic rings. The summed E-state index contributed by atoms with van der Waals surface area (Å²) >= 11 is 0. The molecule has 0 aliphatic carbocycles. The monoisotopic (exact) mass is 211 g/mol. The van der Waals surface area contributed by atoms with Crippen molar-refractivity contribution in [2.75, 3.05) is 5.32 Å². The second-order valence-corrected chi connectivity index (χ2v) is 3.22. The molecule has 1 heterocycles. The molecule has 0 aliphatic heterocycles. The second kappa shape index (κ2) is 5.14.